The maximum Gasteiger partial charge on any atom is 0.259 e. The van der Waals surface area contributed by atoms with E-state index in [9.17, 15) is 4.79 Å². The van der Waals surface area contributed by atoms with Crippen molar-refractivity contribution in [3.63, 3.8) is 0 Å². The van der Waals surface area contributed by atoms with E-state index in [0.717, 1.165) is 5.56 Å². The van der Waals surface area contributed by atoms with Crippen molar-refractivity contribution in [2.75, 3.05) is 7.11 Å². The first-order valence-electron chi connectivity index (χ1n) is 8.90. The molecule has 0 unspecified atom stereocenters. The largest absolute Gasteiger partial charge is 0.493 e. The number of halogens is 3. The molecule has 0 radical (unpaired) electrons. The van der Waals surface area contributed by atoms with Gasteiger partial charge in [0, 0.05) is 25.6 Å². The number of ether oxygens (including phenoxy) is 2. The highest BCUT2D eigenvalue weighted by Crippen LogP contribution is 2.38. The van der Waals surface area contributed by atoms with Gasteiger partial charge in [-0.2, -0.15) is 0 Å². The van der Waals surface area contributed by atoms with Gasteiger partial charge in [0.05, 0.1) is 18.0 Å². The second-order valence-corrected chi connectivity index (χ2v) is 8.14. The lowest BCUT2D eigenvalue weighted by molar-refractivity contribution is 0.284. The van der Waals surface area contributed by atoms with Gasteiger partial charge in [0.1, 0.15) is 12.4 Å². The Balaban J connectivity index is 1.70. The van der Waals surface area contributed by atoms with Gasteiger partial charge >= 0.3 is 0 Å². The standard InChI is InChI=1S/C22H15BrCl2N2O3/c1-29-19-9-15(21-26-18-5-3-2-4-14(18)22(28)27-21)16(23)10-20(19)30-11-12-6-7-13(24)8-17(12)25/h2-10H,11H2,1H3,(H,26,27,28). The molecule has 0 aliphatic heterocycles. The van der Waals surface area contributed by atoms with Crippen molar-refractivity contribution in [2.24, 2.45) is 0 Å². The van der Waals surface area contributed by atoms with Crippen molar-refractivity contribution in [1.29, 1.82) is 0 Å². The molecule has 1 heterocycles. The van der Waals surface area contributed by atoms with Gasteiger partial charge in [0.25, 0.3) is 5.56 Å². The minimum atomic E-state index is -0.209. The minimum Gasteiger partial charge on any atom is -0.493 e. The molecule has 0 atom stereocenters. The van der Waals surface area contributed by atoms with Crippen molar-refractivity contribution in [2.45, 2.75) is 6.61 Å². The average Bonchev–Trinajstić information content (AvgIpc) is 2.73. The maximum absolute atomic E-state index is 12.4. The summed E-state index contributed by atoms with van der Waals surface area (Å²) in [7, 11) is 1.55. The third-order valence-corrected chi connectivity index (χ3v) is 5.76. The van der Waals surface area contributed by atoms with Crippen molar-refractivity contribution >= 4 is 50.0 Å². The van der Waals surface area contributed by atoms with E-state index in [0.29, 0.717) is 48.3 Å². The lowest BCUT2D eigenvalue weighted by Crippen LogP contribution is -2.09. The number of nitrogens with zero attached hydrogens (tertiary/aromatic N) is 1. The topological polar surface area (TPSA) is 64.2 Å². The summed E-state index contributed by atoms with van der Waals surface area (Å²) in [4.78, 5) is 19.8. The number of aromatic nitrogens is 2. The lowest BCUT2D eigenvalue weighted by atomic mass is 10.1. The van der Waals surface area contributed by atoms with Crippen molar-refractivity contribution in [3.8, 4) is 22.9 Å². The van der Waals surface area contributed by atoms with Gasteiger partial charge in [-0.25, -0.2) is 4.98 Å². The normalized spacial score (nSPS) is 10.9. The highest BCUT2D eigenvalue weighted by Gasteiger charge is 2.15. The summed E-state index contributed by atoms with van der Waals surface area (Å²) in [6.07, 6.45) is 0. The van der Waals surface area contributed by atoms with Crippen LogP contribution in [0.2, 0.25) is 10.0 Å². The number of hydrogen-bond acceptors (Lipinski definition) is 4. The SMILES string of the molecule is COc1cc(-c2nc3ccccc3c(=O)[nH]2)c(Br)cc1OCc1ccc(Cl)cc1Cl. The molecule has 0 amide bonds. The Kier molecular flexibility index (Phi) is 5.99. The Labute approximate surface area is 190 Å². The molecule has 0 fully saturated rings. The zero-order chi connectivity index (χ0) is 21.3. The van der Waals surface area contributed by atoms with Gasteiger partial charge in [0.2, 0.25) is 0 Å². The van der Waals surface area contributed by atoms with Gasteiger partial charge in [-0.1, -0.05) is 41.4 Å². The van der Waals surface area contributed by atoms with Crippen LogP contribution in [0.5, 0.6) is 11.5 Å². The summed E-state index contributed by atoms with van der Waals surface area (Å²) < 4.78 is 12.1. The summed E-state index contributed by atoms with van der Waals surface area (Å²) in [5, 5.41) is 1.62. The second kappa shape index (κ2) is 8.68. The second-order valence-electron chi connectivity index (χ2n) is 6.44. The molecule has 8 heteroatoms. The Morgan fingerprint density at radius 3 is 2.63 bits per heavy atom. The maximum atomic E-state index is 12.4. The molecule has 0 aliphatic carbocycles. The van der Waals surface area contributed by atoms with Crippen LogP contribution in [0, 0.1) is 0 Å². The molecule has 3 aromatic carbocycles. The highest BCUT2D eigenvalue weighted by atomic mass is 79.9. The molecule has 5 nitrogen and oxygen atoms in total. The fourth-order valence-electron chi connectivity index (χ4n) is 3.00. The quantitative estimate of drug-likeness (QED) is 0.348. The third kappa shape index (κ3) is 4.17. The predicted octanol–water partition coefficient (Wildman–Crippen LogP) is 6.25. The van der Waals surface area contributed by atoms with Gasteiger partial charge in [-0.05, 0) is 52.3 Å². The van der Waals surface area contributed by atoms with E-state index in [2.05, 4.69) is 25.9 Å². The van der Waals surface area contributed by atoms with Crippen molar-refractivity contribution in [3.05, 3.63) is 85.0 Å². The fraction of sp³-hybridized carbons (Fsp3) is 0.0909. The van der Waals surface area contributed by atoms with E-state index in [1.54, 1.807) is 49.6 Å². The smallest absolute Gasteiger partial charge is 0.259 e. The van der Waals surface area contributed by atoms with Crippen molar-refractivity contribution in [1.82, 2.24) is 9.97 Å². The Hall–Kier alpha value is -2.54. The van der Waals surface area contributed by atoms with Crippen LogP contribution in [0.25, 0.3) is 22.3 Å². The lowest BCUT2D eigenvalue weighted by Gasteiger charge is -2.14. The number of hydrogen-bond donors (Lipinski definition) is 1. The van der Waals surface area contributed by atoms with E-state index >= 15 is 0 Å². The van der Waals surface area contributed by atoms with Crippen LogP contribution in [0.3, 0.4) is 0 Å². The minimum absolute atomic E-state index is 0.209. The molecule has 30 heavy (non-hydrogen) atoms. The molecule has 1 aromatic heterocycles. The highest BCUT2D eigenvalue weighted by molar-refractivity contribution is 9.10. The molecule has 0 spiro atoms. The predicted molar refractivity (Wildman–Crippen MR) is 123 cm³/mol. The summed E-state index contributed by atoms with van der Waals surface area (Å²) in [5.41, 5.74) is 1.87. The molecule has 4 aromatic rings. The van der Waals surface area contributed by atoms with Gasteiger partial charge < -0.3 is 14.5 Å². The molecule has 0 saturated heterocycles. The fourth-order valence-corrected chi connectivity index (χ4v) is 3.97. The number of para-hydroxylation sites is 1. The first kappa shape index (κ1) is 20.7. The van der Waals surface area contributed by atoms with E-state index in [-0.39, 0.29) is 12.2 Å². The average molecular weight is 506 g/mol. The molecule has 4 rings (SSSR count). The van der Waals surface area contributed by atoms with Crippen LogP contribution < -0.4 is 15.0 Å². The molecule has 0 aliphatic rings. The number of fused-ring (bicyclic) bond motifs is 1. The molecule has 0 saturated carbocycles. The third-order valence-electron chi connectivity index (χ3n) is 4.52. The molecular weight excluding hydrogens is 491 g/mol. The molecule has 0 bridgehead atoms. The van der Waals surface area contributed by atoms with E-state index < -0.39 is 0 Å². The Morgan fingerprint density at radius 1 is 1.07 bits per heavy atom. The van der Waals surface area contributed by atoms with E-state index in [1.165, 1.54) is 0 Å². The number of rotatable bonds is 5. The van der Waals surface area contributed by atoms with Gasteiger partial charge in [-0.15, -0.1) is 0 Å². The number of benzene rings is 3. The zero-order valence-electron chi connectivity index (χ0n) is 15.7. The number of aromatic amines is 1. The first-order valence-corrected chi connectivity index (χ1v) is 10.4. The van der Waals surface area contributed by atoms with Crippen LogP contribution in [-0.4, -0.2) is 17.1 Å². The Morgan fingerprint density at radius 2 is 1.87 bits per heavy atom. The van der Waals surface area contributed by atoms with Crippen LogP contribution >= 0.6 is 39.1 Å². The molecule has 1 N–H and O–H groups in total. The van der Waals surface area contributed by atoms with E-state index in [1.807, 2.05) is 12.1 Å². The summed E-state index contributed by atoms with van der Waals surface area (Å²) in [5.74, 6) is 1.44. The summed E-state index contributed by atoms with van der Waals surface area (Å²) in [6, 6.07) is 15.9. The monoisotopic (exact) mass is 504 g/mol. The first-order chi connectivity index (χ1) is 14.5. The summed E-state index contributed by atoms with van der Waals surface area (Å²) >= 11 is 15.7. The number of methoxy groups -OCH3 is 1. The zero-order valence-corrected chi connectivity index (χ0v) is 18.8. The van der Waals surface area contributed by atoms with Crippen LogP contribution in [0.1, 0.15) is 5.56 Å². The van der Waals surface area contributed by atoms with Crippen LogP contribution in [0.4, 0.5) is 0 Å². The molecule has 152 valence electrons. The van der Waals surface area contributed by atoms with Gasteiger partial charge in [0.15, 0.2) is 11.5 Å². The summed E-state index contributed by atoms with van der Waals surface area (Å²) in [6.45, 7) is 0.239. The van der Waals surface area contributed by atoms with E-state index in [4.69, 9.17) is 32.7 Å². The number of H-pyrrole nitrogens is 1. The van der Waals surface area contributed by atoms with Crippen LogP contribution in [-0.2, 0) is 6.61 Å². The Bertz CT molecular complexity index is 1310. The van der Waals surface area contributed by atoms with Crippen LogP contribution in [0.15, 0.2) is 63.9 Å². The van der Waals surface area contributed by atoms with Gasteiger partial charge in [-0.3, -0.25) is 4.79 Å². The number of nitrogens with one attached hydrogen (secondary N) is 1. The molecular formula is C22H15BrCl2N2O3. The van der Waals surface area contributed by atoms with Crippen molar-refractivity contribution < 1.29 is 9.47 Å².